The van der Waals surface area contributed by atoms with Gasteiger partial charge in [-0.3, -0.25) is 4.79 Å². The molecule has 2 aromatic carbocycles. The molecule has 1 N–H and O–H groups in total. The number of para-hydroxylation sites is 1. The fourth-order valence-corrected chi connectivity index (χ4v) is 2.77. The van der Waals surface area contributed by atoms with Gasteiger partial charge in [-0.15, -0.1) is 0 Å². The summed E-state index contributed by atoms with van der Waals surface area (Å²) in [5.74, 6) is 1.23. The number of H-pyrrole nitrogens is 1. The fraction of sp³-hybridized carbons (Fsp3) is 0.211. The van der Waals surface area contributed by atoms with Crippen LogP contribution in [0.15, 0.2) is 42.5 Å². The van der Waals surface area contributed by atoms with Crippen molar-refractivity contribution >= 4 is 17.2 Å². The van der Waals surface area contributed by atoms with Crippen LogP contribution in [0.25, 0.3) is 22.2 Å². The molecule has 0 saturated carbocycles. The maximum Gasteiger partial charge on any atom is 0.152 e. The molecular weight excluding hydrogens is 274 g/mol. The molecule has 0 fully saturated rings. The monoisotopic (exact) mass is 293 g/mol. The number of aromatic nitrogens is 1. The van der Waals surface area contributed by atoms with Crippen molar-refractivity contribution in [1.29, 1.82) is 0 Å². The predicted molar refractivity (Wildman–Crippen MR) is 89.8 cm³/mol. The quantitative estimate of drug-likeness (QED) is 0.703. The van der Waals surface area contributed by atoms with Crippen LogP contribution < -0.4 is 4.74 Å². The predicted octanol–water partition coefficient (Wildman–Crippen LogP) is 4.78. The van der Waals surface area contributed by atoms with Gasteiger partial charge in [-0.25, -0.2) is 0 Å². The first kappa shape index (κ1) is 14.4. The lowest BCUT2D eigenvalue weighted by atomic mass is 9.99. The Labute approximate surface area is 129 Å². The van der Waals surface area contributed by atoms with Crippen LogP contribution in [0, 0.1) is 0 Å². The van der Waals surface area contributed by atoms with Gasteiger partial charge in [-0.2, -0.15) is 0 Å². The van der Waals surface area contributed by atoms with Crippen molar-refractivity contribution < 1.29 is 9.53 Å². The summed E-state index contributed by atoms with van der Waals surface area (Å²) in [6, 6.07) is 14.0. The first-order valence-corrected chi connectivity index (χ1v) is 7.40. The Bertz CT molecular complexity index is 813. The summed E-state index contributed by atoms with van der Waals surface area (Å²) in [6.07, 6.45) is 0.907. The standard InChI is InChI=1S/C19H19NO2/c1-12(2)13-7-9-14(10-8-13)18-16(11-21)15-5-4-6-17(22-3)19(15)20-18/h4-12,20H,1-3H3. The maximum absolute atomic E-state index is 11.6. The molecule has 3 heteroatoms. The number of ether oxygens (including phenoxy) is 1. The van der Waals surface area contributed by atoms with Crippen LogP contribution in [0.4, 0.5) is 0 Å². The Morgan fingerprint density at radius 3 is 2.41 bits per heavy atom. The summed E-state index contributed by atoms with van der Waals surface area (Å²) in [5.41, 5.74) is 4.65. The number of aromatic amines is 1. The van der Waals surface area contributed by atoms with Gasteiger partial charge in [-0.1, -0.05) is 50.2 Å². The number of hydrogen-bond donors (Lipinski definition) is 1. The molecule has 0 saturated heterocycles. The smallest absolute Gasteiger partial charge is 0.152 e. The number of carbonyl (C=O) groups excluding carboxylic acids is 1. The van der Waals surface area contributed by atoms with Crippen molar-refractivity contribution in [2.75, 3.05) is 7.11 Å². The zero-order valence-corrected chi connectivity index (χ0v) is 13.0. The van der Waals surface area contributed by atoms with Gasteiger partial charge in [0.2, 0.25) is 0 Å². The van der Waals surface area contributed by atoms with Crippen LogP contribution in [-0.4, -0.2) is 18.4 Å². The normalized spacial score (nSPS) is 11.1. The molecule has 1 heterocycles. The minimum Gasteiger partial charge on any atom is -0.495 e. The molecule has 0 radical (unpaired) electrons. The van der Waals surface area contributed by atoms with Crippen molar-refractivity contribution in [3.05, 3.63) is 53.6 Å². The van der Waals surface area contributed by atoms with Crippen LogP contribution in [0.3, 0.4) is 0 Å². The number of benzene rings is 2. The molecule has 112 valence electrons. The number of aldehydes is 1. The second kappa shape index (κ2) is 5.68. The van der Waals surface area contributed by atoms with E-state index in [1.807, 2.05) is 18.2 Å². The second-order valence-corrected chi connectivity index (χ2v) is 5.69. The highest BCUT2D eigenvalue weighted by Crippen LogP contribution is 2.34. The van der Waals surface area contributed by atoms with Gasteiger partial charge in [-0.05, 0) is 23.1 Å². The molecule has 0 bridgehead atoms. The molecule has 0 amide bonds. The van der Waals surface area contributed by atoms with E-state index in [4.69, 9.17) is 4.74 Å². The molecule has 22 heavy (non-hydrogen) atoms. The molecule has 0 aliphatic carbocycles. The van der Waals surface area contributed by atoms with Crippen LogP contribution >= 0.6 is 0 Å². The number of nitrogens with one attached hydrogen (secondary N) is 1. The minimum atomic E-state index is 0.488. The van der Waals surface area contributed by atoms with Gasteiger partial charge in [0.25, 0.3) is 0 Å². The molecule has 0 atom stereocenters. The van der Waals surface area contributed by atoms with E-state index in [0.717, 1.165) is 34.2 Å². The van der Waals surface area contributed by atoms with Gasteiger partial charge in [0.05, 0.1) is 18.3 Å². The number of methoxy groups -OCH3 is 1. The highest BCUT2D eigenvalue weighted by Gasteiger charge is 2.15. The van der Waals surface area contributed by atoms with Gasteiger partial charge >= 0.3 is 0 Å². The zero-order chi connectivity index (χ0) is 15.7. The van der Waals surface area contributed by atoms with E-state index in [9.17, 15) is 4.79 Å². The lowest BCUT2D eigenvalue weighted by Crippen LogP contribution is -1.88. The molecule has 3 rings (SSSR count). The van der Waals surface area contributed by atoms with Crippen molar-refractivity contribution in [1.82, 2.24) is 4.98 Å². The highest BCUT2D eigenvalue weighted by atomic mass is 16.5. The molecular formula is C19H19NO2. The highest BCUT2D eigenvalue weighted by molar-refractivity contribution is 6.06. The Balaban J connectivity index is 2.19. The summed E-state index contributed by atoms with van der Waals surface area (Å²) >= 11 is 0. The summed E-state index contributed by atoms with van der Waals surface area (Å²) in [6.45, 7) is 4.33. The lowest BCUT2D eigenvalue weighted by molar-refractivity contribution is 0.112. The molecule has 0 aliphatic rings. The average Bonchev–Trinajstić information content (AvgIpc) is 2.93. The number of carbonyl (C=O) groups is 1. The first-order valence-electron chi connectivity index (χ1n) is 7.40. The molecule has 0 unspecified atom stereocenters. The molecule has 0 spiro atoms. The molecule has 3 aromatic rings. The van der Waals surface area contributed by atoms with Gasteiger partial charge in [0.1, 0.15) is 5.75 Å². The Hall–Kier alpha value is -2.55. The van der Waals surface area contributed by atoms with E-state index in [1.54, 1.807) is 7.11 Å². The molecule has 0 aliphatic heterocycles. The lowest BCUT2D eigenvalue weighted by Gasteiger charge is -2.06. The fourth-order valence-electron chi connectivity index (χ4n) is 2.77. The van der Waals surface area contributed by atoms with E-state index in [1.165, 1.54) is 5.56 Å². The largest absolute Gasteiger partial charge is 0.495 e. The summed E-state index contributed by atoms with van der Waals surface area (Å²) in [4.78, 5) is 14.9. The minimum absolute atomic E-state index is 0.488. The Morgan fingerprint density at radius 2 is 1.82 bits per heavy atom. The topological polar surface area (TPSA) is 42.1 Å². The summed E-state index contributed by atoms with van der Waals surface area (Å²) in [5, 5.41) is 0.886. The Morgan fingerprint density at radius 1 is 1.09 bits per heavy atom. The third kappa shape index (κ3) is 2.29. The van der Waals surface area contributed by atoms with Crippen LogP contribution in [0.1, 0.15) is 35.7 Å². The molecule has 1 aromatic heterocycles. The van der Waals surface area contributed by atoms with Crippen molar-refractivity contribution in [2.45, 2.75) is 19.8 Å². The van der Waals surface area contributed by atoms with E-state index < -0.39 is 0 Å². The van der Waals surface area contributed by atoms with E-state index in [0.29, 0.717) is 11.5 Å². The number of rotatable bonds is 4. The third-order valence-electron chi connectivity index (χ3n) is 4.04. The average molecular weight is 293 g/mol. The number of fused-ring (bicyclic) bond motifs is 1. The first-order chi connectivity index (χ1) is 10.7. The van der Waals surface area contributed by atoms with E-state index in [2.05, 4.69) is 43.1 Å². The summed E-state index contributed by atoms with van der Waals surface area (Å²) < 4.78 is 5.38. The van der Waals surface area contributed by atoms with Gasteiger partial charge in [0.15, 0.2) is 6.29 Å². The van der Waals surface area contributed by atoms with Gasteiger partial charge < -0.3 is 9.72 Å². The Kier molecular flexibility index (Phi) is 3.72. The van der Waals surface area contributed by atoms with Crippen molar-refractivity contribution in [3.8, 4) is 17.0 Å². The van der Waals surface area contributed by atoms with Crippen molar-refractivity contribution in [2.24, 2.45) is 0 Å². The van der Waals surface area contributed by atoms with E-state index in [-0.39, 0.29) is 0 Å². The van der Waals surface area contributed by atoms with Gasteiger partial charge in [0, 0.05) is 10.9 Å². The van der Waals surface area contributed by atoms with E-state index >= 15 is 0 Å². The SMILES string of the molecule is COc1cccc2c(C=O)c(-c3ccc(C(C)C)cc3)[nH]c12. The maximum atomic E-state index is 11.6. The zero-order valence-electron chi connectivity index (χ0n) is 13.0. The third-order valence-corrected chi connectivity index (χ3v) is 4.04. The number of hydrogen-bond acceptors (Lipinski definition) is 2. The van der Waals surface area contributed by atoms with Crippen LogP contribution in [0.2, 0.25) is 0 Å². The summed E-state index contributed by atoms with van der Waals surface area (Å²) in [7, 11) is 1.63. The second-order valence-electron chi connectivity index (χ2n) is 5.69. The van der Waals surface area contributed by atoms with Crippen LogP contribution in [0.5, 0.6) is 5.75 Å². The van der Waals surface area contributed by atoms with Crippen LogP contribution in [-0.2, 0) is 0 Å². The van der Waals surface area contributed by atoms with Crippen molar-refractivity contribution in [3.63, 3.8) is 0 Å². The molecule has 3 nitrogen and oxygen atoms in total.